The van der Waals surface area contributed by atoms with E-state index in [1.54, 1.807) is 0 Å². The highest BCUT2D eigenvalue weighted by atomic mass is 16.8. The van der Waals surface area contributed by atoms with Gasteiger partial charge in [-0.15, -0.1) is 0 Å². The third kappa shape index (κ3) is 30.5. The summed E-state index contributed by atoms with van der Waals surface area (Å²) in [4.78, 5) is 38.5. The minimum atomic E-state index is -3.08. The van der Waals surface area contributed by atoms with E-state index in [-0.39, 0.29) is 18.9 Å². The number of hydrogen-bond donors (Lipinski definition) is 14. The van der Waals surface area contributed by atoms with Crippen LogP contribution in [0.1, 0.15) is 258 Å². The van der Waals surface area contributed by atoms with Crippen LogP contribution in [0, 0.1) is 0 Å². The molecular formula is C67H124N2O21. The van der Waals surface area contributed by atoms with Crippen LogP contribution < -0.4 is 10.6 Å². The van der Waals surface area contributed by atoms with Crippen molar-refractivity contribution >= 4 is 17.8 Å². The van der Waals surface area contributed by atoms with E-state index < -0.39 is 148 Å². The first-order valence-electron chi connectivity index (χ1n) is 35.0. The summed E-state index contributed by atoms with van der Waals surface area (Å²) in [5, 5.41) is 136. The second kappa shape index (κ2) is 48.2. The maximum atomic E-state index is 13.4. The van der Waals surface area contributed by atoms with E-state index in [1.807, 2.05) is 0 Å². The number of unbranched alkanes of at least 4 members (excludes halogenated alkanes) is 31. The van der Waals surface area contributed by atoms with Gasteiger partial charge in [-0.2, -0.15) is 0 Å². The molecule has 0 radical (unpaired) electrons. The second-order valence-corrected chi connectivity index (χ2v) is 25.7. The molecule has 0 aromatic heterocycles. The van der Waals surface area contributed by atoms with Crippen molar-refractivity contribution in [2.75, 3.05) is 26.4 Å². The summed E-state index contributed by atoms with van der Waals surface area (Å²) >= 11 is 0. The third-order valence-corrected chi connectivity index (χ3v) is 18.0. The Morgan fingerprint density at radius 2 is 1.03 bits per heavy atom. The van der Waals surface area contributed by atoms with E-state index in [2.05, 4.69) is 36.6 Å². The Morgan fingerprint density at radius 3 is 1.50 bits per heavy atom. The Labute approximate surface area is 537 Å². The molecular weight excluding hydrogens is 1170 g/mol. The van der Waals surface area contributed by atoms with Crippen LogP contribution in [0.4, 0.5) is 0 Å². The quantitative estimate of drug-likeness (QED) is 0.0235. The van der Waals surface area contributed by atoms with Gasteiger partial charge in [0.2, 0.25) is 11.8 Å². The molecule has 23 heteroatoms. The molecule has 0 aromatic carbocycles. The van der Waals surface area contributed by atoms with Crippen molar-refractivity contribution < 1.29 is 104 Å². The molecule has 0 aromatic rings. The molecule has 2 amide bonds. The summed E-state index contributed by atoms with van der Waals surface area (Å²) < 4.78 is 34.8. The van der Waals surface area contributed by atoms with E-state index in [9.17, 15) is 75.7 Å². The van der Waals surface area contributed by atoms with Crippen molar-refractivity contribution in [3.63, 3.8) is 0 Å². The number of hydrogen-bond acceptors (Lipinski definition) is 20. The molecule has 90 heavy (non-hydrogen) atoms. The lowest BCUT2D eigenvalue weighted by atomic mass is 9.88. The van der Waals surface area contributed by atoms with Crippen LogP contribution in [0.15, 0.2) is 12.2 Å². The lowest BCUT2D eigenvalue weighted by Crippen LogP contribution is -2.70. The number of carboxylic acid groups (broad SMARTS) is 1. The largest absolute Gasteiger partial charge is 0.477 e. The van der Waals surface area contributed by atoms with Crippen molar-refractivity contribution in [1.29, 1.82) is 0 Å². The molecule has 3 saturated heterocycles. The summed E-state index contributed by atoms with van der Waals surface area (Å²) in [5.41, 5.74) is 0. The minimum absolute atomic E-state index is 0.224. The van der Waals surface area contributed by atoms with Crippen LogP contribution >= 0.6 is 0 Å². The van der Waals surface area contributed by atoms with Gasteiger partial charge in [-0.05, 0) is 38.5 Å². The smallest absolute Gasteiger partial charge is 0.364 e. The molecule has 0 saturated carbocycles. The van der Waals surface area contributed by atoms with Crippen molar-refractivity contribution in [2.45, 2.75) is 368 Å². The Bertz CT molecular complexity index is 1870. The first-order valence-corrected chi connectivity index (χ1v) is 35.0. The van der Waals surface area contributed by atoms with E-state index in [0.29, 0.717) is 19.3 Å². The molecule has 0 aliphatic carbocycles. The zero-order chi connectivity index (χ0) is 66.1. The van der Waals surface area contributed by atoms with Gasteiger partial charge in [0.05, 0.1) is 50.7 Å². The van der Waals surface area contributed by atoms with Crippen molar-refractivity contribution in [1.82, 2.24) is 10.6 Å². The number of aliphatic hydroxyl groups excluding tert-OH is 11. The van der Waals surface area contributed by atoms with Gasteiger partial charge in [0.25, 0.3) is 5.79 Å². The summed E-state index contributed by atoms with van der Waals surface area (Å²) in [5.74, 6) is -6.10. The van der Waals surface area contributed by atoms with Crippen LogP contribution in [0.3, 0.4) is 0 Å². The first kappa shape index (κ1) is 81.7. The van der Waals surface area contributed by atoms with Gasteiger partial charge in [-0.25, -0.2) is 4.79 Å². The van der Waals surface area contributed by atoms with Gasteiger partial charge >= 0.3 is 5.97 Å². The maximum Gasteiger partial charge on any atom is 0.364 e. The molecule has 23 nitrogen and oxygen atoms in total. The molecule has 3 fully saturated rings. The molecule has 14 N–H and O–H groups in total. The van der Waals surface area contributed by atoms with E-state index in [0.717, 1.165) is 58.3 Å². The number of amides is 2. The lowest BCUT2D eigenvalue weighted by Gasteiger charge is -2.50. The normalized spacial score (nSPS) is 28.6. The third-order valence-electron chi connectivity index (χ3n) is 18.0. The predicted octanol–water partition coefficient (Wildman–Crippen LogP) is 6.29. The van der Waals surface area contributed by atoms with Crippen molar-refractivity contribution in [3.8, 4) is 0 Å². The van der Waals surface area contributed by atoms with Crippen molar-refractivity contribution in [3.05, 3.63) is 12.2 Å². The number of aliphatic hydroxyl groups is 11. The number of aliphatic carboxylic acids is 1. The SMILES string of the molecule is CCCCCCCCCCCCCC/C=C\CCCCCCCCCCCCCC(=O)NC(COC1OC(CO)C(OC2OC(CO)C(O)C(OC3(C(=O)O)CC(O)C(NC(C)=O)C(C(O)C(O)CO)O3)C2O)C(O)C1O)C(O)CCCCCCCCCCC. The zero-order valence-corrected chi connectivity index (χ0v) is 55.0. The summed E-state index contributed by atoms with van der Waals surface area (Å²) in [6.07, 6.45) is 16.9. The summed E-state index contributed by atoms with van der Waals surface area (Å²) in [6.45, 7) is 2.17. The highest BCUT2D eigenvalue weighted by Gasteiger charge is 2.60. The van der Waals surface area contributed by atoms with Gasteiger partial charge in [0.1, 0.15) is 67.1 Å². The fourth-order valence-electron chi connectivity index (χ4n) is 12.4. The van der Waals surface area contributed by atoms with E-state index in [1.165, 1.54) is 154 Å². The average Bonchev–Trinajstić information content (AvgIpc) is 0.882. The molecule has 3 rings (SSSR count). The zero-order valence-electron chi connectivity index (χ0n) is 55.0. The molecule has 0 spiro atoms. The van der Waals surface area contributed by atoms with Gasteiger partial charge in [-0.1, -0.05) is 212 Å². The molecule has 3 aliphatic heterocycles. The van der Waals surface area contributed by atoms with Crippen LogP contribution in [0.2, 0.25) is 0 Å². The number of carboxylic acids is 1. The Balaban J connectivity index is 1.50. The average molecular weight is 1290 g/mol. The van der Waals surface area contributed by atoms with Crippen LogP contribution in [-0.4, -0.2) is 215 Å². The predicted molar refractivity (Wildman–Crippen MR) is 338 cm³/mol. The van der Waals surface area contributed by atoms with Gasteiger partial charge in [0.15, 0.2) is 12.6 Å². The second-order valence-electron chi connectivity index (χ2n) is 25.7. The number of nitrogens with one attached hydrogen (secondary N) is 2. The number of carbonyl (C=O) groups excluding carboxylic acids is 2. The van der Waals surface area contributed by atoms with Gasteiger partial charge in [0, 0.05) is 19.8 Å². The standard InChI is InChI=1S/C67H124N2O21/c1-4-6-8-10-12-14-15-16-17-18-19-20-21-22-23-24-25-26-27-28-29-30-31-33-35-37-39-41-54(77)69-48(49(74)40-38-36-34-32-13-11-9-7-5-2)46-85-64-59(81)58(80)61(53(45-72)87-64)88-65-60(82)63(57(79)52(44-71)86-65)90-67(66(83)84)42-50(75)55(68-47(3)73)62(89-67)56(78)51(76)43-70/h22-23,48-53,55-65,70-72,74-76,78-82H,4-21,24-46H2,1-3H3,(H,68,73)(H,69,77)(H,83,84)/b23-22-. The topological polar surface area (TPSA) is 373 Å². The minimum Gasteiger partial charge on any atom is -0.477 e. The van der Waals surface area contributed by atoms with Gasteiger partial charge in [-0.3, -0.25) is 9.59 Å². The fourth-order valence-corrected chi connectivity index (χ4v) is 12.4. The van der Waals surface area contributed by atoms with Gasteiger partial charge < -0.3 is 100 Å². The Hall–Kier alpha value is -2.53. The highest BCUT2D eigenvalue weighted by Crippen LogP contribution is 2.39. The summed E-state index contributed by atoms with van der Waals surface area (Å²) in [7, 11) is 0. The summed E-state index contributed by atoms with van der Waals surface area (Å²) in [6, 6.07) is -2.53. The van der Waals surface area contributed by atoms with Crippen LogP contribution in [0.25, 0.3) is 0 Å². The molecule has 18 unspecified atom stereocenters. The molecule has 18 atom stereocenters. The van der Waals surface area contributed by atoms with E-state index in [4.69, 9.17) is 28.4 Å². The van der Waals surface area contributed by atoms with Crippen LogP contribution in [0.5, 0.6) is 0 Å². The highest BCUT2D eigenvalue weighted by molar-refractivity contribution is 5.77. The van der Waals surface area contributed by atoms with E-state index >= 15 is 0 Å². The Morgan fingerprint density at radius 1 is 0.567 bits per heavy atom. The molecule has 528 valence electrons. The fraction of sp³-hybridized carbons (Fsp3) is 0.925. The number of carbonyl (C=O) groups is 3. The number of ether oxygens (including phenoxy) is 6. The van der Waals surface area contributed by atoms with Crippen molar-refractivity contribution in [2.24, 2.45) is 0 Å². The first-order chi connectivity index (χ1) is 43.4. The Kier molecular flexibility index (Phi) is 43.8. The molecule has 3 heterocycles. The number of rotatable bonds is 53. The monoisotopic (exact) mass is 1290 g/mol. The molecule has 0 bridgehead atoms. The maximum absolute atomic E-state index is 13.4. The lowest BCUT2D eigenvalue weighted by molar-refractivity contribution is -0.386. The molecule has 3 aliphatic rings. The van der Waals surface area contributed by atoms with Crippen LogP contribution in [-0.2, 0) is 42.8 Å². The number of allylic oxidation sites excluding steroid dienone is 2.